The molecule has 2 aliphatic carbocycles. The number of nitrogens with one attached hydrogen (secondary N) is 1. The smallest absolute Gasteiger partial charge is 0.407 e. The lowest BCUT2D eigenvalue weighted by molar-refractivity contribution is -0.141. The van der Waals surface area contributed by atoms with Crippen molar-refractivity contribution in [1.82, 2.24) is 13.8 Å². The van der Waals surface area contributed by atoms with Gasteiger partial charge in [0.2, 0.25) is 0 Å². The fraction of sp³-hybridized carbons (Fsp3) is 0.500. The lowest BCUT2D eigenvalue weighted by Crippen LogP contribution is -2.39. The van der Waals surface area contributed by atoms with Crippen molar-refractivity contribution in [1.29, 1.82) is 0 Å². The van der Waals surface area contributed by atoms with E-state index in [0.29, 0.717) is 18.5 Å². The summed E-state index contributed by atoms with van der Waals surface area (Å²) in [7, 11) is 0. The van der Waals surface area contributed by atoms with Crippen LogP contribution in [0.5, 0.6) is 0 Å². The van der Waals surface area contributed by atoms with Gasteiger partial charge in [0.05, 0.1) is 18.7 Å². The van der Waals surface area contributed by atoms with Crippen molar-refractivity contribution in [3.63, 3.8) is 0 Å². The van der Waals surface area contributed by atoms with Gasteiger partial charge < -0.3 is 19.5 Å². The van der Waals surface area contributed by atoms with Crippen molar-refractivity contribution in [2.45, 2.75) is 63.1 Å². The first-order chi connectivity index (χ1) is 19.2. The second kappa shape index (κ2) is 10.0. The van der Waals surface area contributed by atoms with Gasteiger partial charge in [0.15, 0.2) is 0 Å². The second-order valence-electron chi connectivity index (χ2n) is 11.0. The first kappa shape index (κ1) is 27.0. The summed E-state index contributed by atoms with van der Waals surface area (Å²) in [6, 6.07) is 7.30. The molecule has 0 bridgehead atoms. The molecule has 0 radical (unpaired) electrons. The Morgan fingerprint density at radius 3 is 2.75 bits per heavy atom. The number of aromatic nitrogens is 2. The molecule has 4 aliphatic rings. The monoisotopic (exact) mass is 587 g/mol. The van der Waals surface area contributed by atoms with Crippen LogP contribution in [0.15, 0.2) is 57.7 Å². The minimum Gasteiger partial charge on any atom is -0.455 e. The average molecular weight is 588 g/mol. The molecular formula is C28H30ClN3O7S. The van der Waals surface area contributed by atoms with E-state index >= 15 is 0 Å². The van der Waals surface area contributed by atoms with E-state index in [1.54, 1.807) is 0 Å². The Hall–Kier alpha value is -3.15. The lowest BCUT2D eigenvalue weighted by atomic mass is 9.80. The molecule has 1 aromatic carbocycles. The van der Waals surface area contributed by atoms with Gasteiger partial charge in [0.1, 0.15) is 18.3 Å². The summed E-state index contributed by atoms with van der Waals surface area (Å²) in [4.78, 5) is 48.9. The van der Waals surface area contributed by atoms with Gasteiger partial charge in [-0.25, -0.2) is 22.9 Å². The van der Waals surface area contributed by atoms with Gasteiger partial charge in [-0.2, -0.15) is 0 Å². The molecule has 1 spiro atoms. The predicted molar refractivity (Wildman–Crippen MR) is 147 cm³/mol. The van der Waals surface area contributed by atoms with Crippen LogP contribution in [0.4, 0.5) is 4.79 Å². The highest BCUT2D eigenvalue weighted by atomic mass is 35.5. The first-order valence-corrected chi connectivity index (χ1v) is 14.6. The van der Waals surface area contributed by atoms with Crippen LogP contribution in [0.1, 0.15) is 37.3 Å². The highest BCUT2D eigenvalue weighted by Gasteiger charge is 2.81. The summed E-state index contributed by atoms with van der Waals surface area (Å²) in [5.41, 5.74) is 1.81. The second-order valence-corrected chi connectivity index (χ2v) is 12.3. The number of hydrogen-bond acceptors (Lipinski definition) is 8. The molecule has 1 N–H and O–H groups in total. The summed E-state index contributed by atoms with van der Waals surface area (Å²) in [6.45, 7) is 6.87. The largest absolute Gasteiger partial charge is 0.455 e. The Labute approximate surface area is 239 Å². The number of allylic oxidation sites excluding steroid dienone is 1. The molecule has 12 heteroatoms. The first-order valence-electron chi connectivity index (χ1n) is 13.3. The number of halogens is 1. The van der Waals surface area contributed by atoms with Gasteiger partial charge in [-0.1, -0.05) is 36.9 Å². The standard InChI is InChI=1S/C28H30ClN3O7S/c1-16-20-12-21-19(4-3-9-27(2)28(21,39-27)22(20)38-23(16)33)15-37-24(34)30-13-17-5-7-18(8-6-17)14-31-25(35)32(11-10-29)40-26(31)36/h4-8,20-22H,1,3,9-15H2,2H3,(H,30,34)/t20-,21?,22-,27+,28-/m0/s1. The minimum absolute atomic E-state index is 0.00465. The maximum absolute atomic E-state index is 12.6. The molecule has 10 nitrogen and oxygen atoms in total. The van der Waals surface area contributed by atoms with Crippen LogP contribution in [-0.2, 0) is 38.6 Å². The summed E-state index contributed by atoms with van der Waals surface area (Å²) >= 11 is 6.55. The topological polar surface area (TPSA) is 121 Å². The van der Waals surface area contributed by atoms with Crippen molar-refractivity contribution in [3.05, 3.63) is 79.3 Å². The molecule has 1 saturated carbocycles. The Balaban J connectivity index is 1.03. The molecule has 1 unspecified atom stereocenters. The van der Waals surface area contributed by atoms with Crippen LogP contribution in [0.2, 0.25) is 0 Å². The number of carbonyl (C=O) groups excluding carboxylic acids is 2. The minimum atomic E-state index is -0.581. The van der Waals surface area contributed by atoms with E-state index in [2.05, 4.69) is 24.9 Å². The van der Waals surface area contributed by atoms with Gasteiger partial charge in [-0.3, -0.25) is 4.79 Å². The molecule has 1 aromatic heterocycles. The fourth-order valence-electron chi connectivity index (χ4n) is 6.61. The van der Waals surface area contributed by atoms with E-state index in [0.717, 1.165) is 41.1 Å². The number of hydrogen-bond donors (Lipinski definition) is 1. The molecule has 6 rings (SSSR count). The maximum Gasteiger partial charge on any atom is 0.407 e. The number of aryl methyl sites for hydroxylation is 1. The quantitative estimate of drug-likeness (QED) is 0.166. The van der Waals surface area contributed by atoms with Crippen molar-refractivity contribution < 1.29 is 23.8 Å². The van der Waals surface area contributed by atoms with Crippen molar-refractivity contribution in [3.8, 4) is 0 Å². The van der Waals surface area contributed by atoms with Crippen molar-refractivity contribution in [2.75, 3.05) is 12.5 Å². The number of epoxide rings is 1. The molecule has 40 heavy (non-hydrogen) atoms. The Kier molecular flexibility index (Phi) is 6.79. The summed E-state index contributed by atoms with van der Waals surface area (Å²) in [6.07, 6.45) is 3.55. The summed E-state index contributed by atoms with van der Waals surface area (Å²) < 4.78 is 20.2. The number of alkyl carbamates (subject to hydrolysis) is 1. The number of fused-ring (bicyclic) bond motifs is 1. The Morgan fingerprint density at radius 2 is 2.00 bits per heavy atom. The van der Waals surface area contributed by atoms with E-state index in [1.165, 1.54) is 8.52 Å². The zero-order valence-corrected chi connectivity index (χ0v) is 23.6. The van der Waals surface area contributed by atoms with E-state index in [4.69, 9.17) is 25.8 Å². The van der Waals surface area contributed by atoms with Gasteiger partial charge in [0.25, 0.3) is 0 Å². The summed E-state index contributed by atoms with van der Waals surface area (Å²) in [5, 5.41) is 2.78. The predicted octanol–water partition coefficient (Wildman–Crippen LogP) is 2.95. The summed E-state index contributed by atoms with van der Waals surface area (Å²) in [5.74, 6) is -0.173. The third kappa shape index (κ3) is 4.35. The molecule has 2 aromatic rings. The number of nitrogens with zero attached hydrogens (tertiary/aromatic N) is 2. The highest BCUT2D eigenvalue weighted by molar-refractivity contribution is 7.03. The van der Waals surface area contributed by atoms with Gasteiger partial charge in [-0.15, -0.1) is 11.6 Å². The number of amides is 1. The number of carbonyl (C=O) groups is 2. The Morgan fingerprint density at radius 1 is 1.25 bits per heavy atom. The highest BCUT2D eigenvalue weighted by Crippen LogP contribution is 2.69. The number of ether oxygens (including phenoxy) is 3. The number of benzene rings is 1. The molecule has 2 aliphatic heterocycles. The Bertz CT molecular complexity index is 1530. The molecule has 212 valence electrons. The van der Waals surface area contributed by atoms with Crippen molar-refractivity contribution in [2.24, 2.45) is 11.8 Å². The number of esters is 1. The molecular weight excluding hydrogens is 558 g/mol. The van der Waals surface area contributed by atoms with Gasteiger partial charge in [0, 0.05) is 41.4 Å². The average Bonchev–Trinajstić information content (AvgIpc) is 3.17. The van der Waals surface area contributed by atoms with Crippen LogP contribution >= 0.6 is 23.1 Å². The van der Waals surface area contributed by atoms with E-state index in [1.807, 2.05) is 24.3 Å². The molecule has 2 saturated heterocycles. The third-order valence-corrected chi connectivity index (χ3v) is 9.81. The third-order valence-electron chi connectivity index (χ3n) is 8.70. The number of rotatable bonds is 8. The van der Waals surface area contributed by atoms with Crippen LogP contribution < -0.4 is 15.9 Å². The SMILES string of the molecule is C=C1C(=O)O[C@H]2[C@H]1CC1C(COC(=O)NCc3ccc(Cn4c(=O)sn(CCCl)c4=O)cc3)=CCC[C@@]3(C)O[C@@]123. The normalized spacial score (nSPS) is 30.1. The van der Waals surface area contributed by atoms with Crippen LogP contribution in [0, 0.1) is 11.8 Å². The van der Waals surface area contributed by atoms with E-state index < -0.39 is 11.7 Å². The van der Waals surface area contributed by atoms with Crippen LogP contribution in [0.25, 0.3) is 0 Å². The molecule has 1 amide bonds. The number of alkyl halides is 1. The van der Waals surface area contributed by atoms with Gasteiger partial charge >= 0.3 is 22.6 Å². The molecule has 3 heterocycles. The van der Waals surface area contributed by atoms with Crippen LogP contribution in [0.3, 0.4) is 0 Å². The zero-order valence-electron chi connectivity index (χ0n) is 22.0. The molecule has 3 fully saturated rings. The maximum atomic E-state index is 12.6. The van der Waals surface area contributed by atoms with E-state index in [9.17, 15) is 19.2 Å². The van der Waals surface area contributed by atoms with Crippen molar-refractivity contribution >= 4 is 35.2 Å². The molecule has 5 atom stereocenters. The lowest BCUT2D eigenvalue weighted by Gasteiger charge is -2.24. The van der Waals surface area contributed by atoms with E-state index in [-0.39, 0.29) is 65.6 Å². The van der Waals surface area contributed by atoms with Crippen LogP contribution in [-0.4, -0.2) is 50.4 Å². The fourth-order valence-corrected chi connectivity index (χ4v) is 7.66. The van der Waals surface area contributed by atoms with Gasteiger partial charge in [-0.05, 0) is 42.9 Å². The zero-order chi connectivity index (χ0) is 28.2.